The molecule has 156 valence electrons. The highest BCUT2D eigenvalue weighted by molar-refractivity contribution is 5.62. The summed E-state index contributed by atoms with van der Waals surface area (Å²) in [6.45, 7) is 15.2. The van der Waals surface area contributed by atoms with Crippen LogP contribution in [-0.2, 0) is 0 Å². The number of hydrogen-bond donors (Lipinski definition) is 1. The first kappa shape index (κ1) is 21.3. The van der Waals surface area contributed by atoms with E-state index >= 15 is 0 Å². The summed E-state index contributed by atoms with van der Waals surface area (Å²) in [5, 5.41) is 3.46. The van der Waals surface area contributed by atoms with E-state index < -0.39 is 0 Å². The summed E-state index contributed by atoms with van der Waals surface area (Å²) < 4.78 is 11.8. The normalized spacial score (nSPS) is 15.1. The molecule has 1 heterocycles. The molecule has 0 amide bonds. The Morgan fingerprint density at radius 1 is 1.07 bits per heavy atom. The van der Waals surface area contributed by atoms with Gasteiger partial charge in [0.05, 0.1) is 6.61 Å². The van der Waals surface area contributed by atoms with Crippen LogP contribution < -0.4 is 14.8 Å². The maximum atomic E-state index is 6.20. The van der Waals surface area contributed by atoms with Crippen LogP contribution in [0.25, 0.3) is 5.70 Å². The van der Waals surface area contributed by atoms with E-state index in [0.29, 0.717) is 12.7 Å². The Morgan fingerprint density at radius 2 is 1.86 bits per heavy atom. The minimum atomic E-state index is 0.317. The molecule has 2 aromatic rings. The summed E-state index contributed by atoms with van der Waals surface area (Å²) in [5.41, 5.74) is 4.62. The fourth-order valence-corrected chi connectivity index (χ4v) is 3.64. The van der Waals surface area contributed by atoms with Crippen molar-refractivity contribution in [3.63, 3.8) is 0 Å². The van der Waals surface area contributed by atoms with Gasteiger partial charge in [-0.05, 0) is 69.0 Å². The van der Waals surface area contributed by atoms with Crippen molar-refractivity contribution in [1.82, 2.24) is 10.2 Å². The molecule has 4 nitrogen and oxygen atoms in total. The van der Waals surface area contributed by atoms with Crippen molar-refractivity contribution >= 4 is 5.70 Å². The van der Waals surface area contributed by atoms with Crippen molar-refractivity contribution in [2.75, 3.05) is 32.8 Å². The molecule has 1 saturated heterocycles. The maximum Gasteiger partial charge on any atom is 0.120 e. The van der Waals surface area contributed by atoms with Gasteiger partial charge in [-0.1, -0.05) is 24.8 Å². The Labute approximate surface area is 175 Å². The standard InChI is InChI=1S/C25H34N2O2/c1-5-28-24-8-6-7-22(18-24)21(4)26-13-16-27-14-11-23(12-15-27)29-25-10-9-19(2)20(3)17-25/h6-10,17-18,23,26H,4-5,11-16H2,1-3H3. The Hall–Kier alpha value is -2.46. The first-order chi connectivity index (χ1) is 14.0. The lowest BCUT2D eigenvalue weighted by Gasteiger charge is -2.32. The average molecular weight is 395 g/mol. The molecule has 1 aliphatic rings. The van der Waals surface area contributed by atoms with Crippen molar-refractivity contribution in [3.8, 4) is 11.5 Å². The number of benzene rings is 2. The molecule has 0 atom stereocenters. The highest BCUT2D eigenvalue weighted by Crippen LogP contribution is 2.22. The Morgan fingerprint density at radius 3 is 2.59 bits per heavy atom. The molecule has 0 spiro atoms. The van der Waals surface area contributed by atoms with E-state index in [1.165, 1.54) is 11.1 Å². The molecule has 1 aliphatic heterocycles. The van der Waals surface area contributed by atoms with Crippen LogP contribution in [-0.4, -0.2) is 43.8 Å². The number of piperidine rings is 1. The molecule has 0 aromatic heterocycles. The quantitative estimate of drug-likeness (QED) is 0.662. The second kappa shape index (κ2) is 10.4. The lowest BCUT2D eigenvalue weighted by Crippen LogP contribution is -2.41. The Balaban J connectivity index is 1.38. The first-order valence-electron chi connectivity index (χ1n) is 10.7. The molecule has 4 heteroatoms. The third kappa shape index (κ3) is 6.26. The van der Waals surface area contributed by atoms with E-state index in [4.69, 9.17) is 9.47 Å². The summed E-state index contributed by atoms with van der Waals surface area (Å²) in [7, 11) is 0. The van der Waals surface area contributed by atoms with Gasteiger partial charge < -0.3 is 19.7 Å². The van der Waals surface area contributed by atoms with Crippen molar-refractivity contribution in [2.24, 2.45) is 0 Å². The van der Waals surface area contributed by atoms with E-state index in [2.05, 4.69) is 54.9 Å². The fourth-order valence-electron chi connectivity index (χ4n) is 3.64. The van der Waals surface area contributed by atoms with Crippen LogP contribution in [0, 0.1) is 13.8 Å². The highest BCUT2D eigenvalue weighted by atomic mass is 16.5. The Bertz CT molecular complexity index is 810. The molecule has 0 unspecified atom stereocenters. The van der Waals surface area contributed by atoms with Crippen molar-refractivity contribution in [1.29, 1.82) is 0 Å². The highest BCUT2D eigenvalue weighted by Gasteiger charge is 2.20. The summed E-state index contributed by atoms with van der Waals surface area (Å²) in [4.78, 5) is 2.50. The molecule has 2 aromatic carbocycles. The van der Waals surface area contributed by atoms with Crippen LogP contribution in [0.2, 0.25) is 0 Å². The molecular weight excluding hydrogens is 360 g/mol. The van der Waals surface area contributed by atoms with Crippen LogP contribution >= 0.6 is 0 Å². The van der Waals surface area contributed by atoms with Gasteiger partial charge in [-0.25, -0.2) is 0 Å². The summed E-state index contributed by atoms with van der Waals surface area (Å²) in [6, 6.07) is 14.5. The summed E-state index contributed by atoms with van der Waals surface area (Å²) >= 11 is 0. The zero-order valence-electron chi connectivity index (χ0n) is 18.0. The van der Waals surface area contributed by atoms with E-state index in [0.717, 1.165) is 61.8 Å². The SMILES string of the molecule is C=C(NCCN1CCC(Oc2ccc(C)c(C)c2)CC1)c1cccc(OCC)c1. The minimum absolute atomic E-state index is 0.317. The van der Waals surface area contributed by atoms with Gasteiger partial charge in [0.25, 0.3) is 0 Å². The van der Waals surface area contributed by atoms with Crippen LogP contribution in [0.3, 0.4) is 0 Å². The van der Waals surface area contributed by atoms with Gasteiger partial charge in [0, 0.05) is 37.4 Å². The number of hydrogen-bond acceptors (Lipinski definition) is 4. The predicted molar refractivity (Wildman–Crippen MR) is 121 cm³/mol. The van der Waals surface area contributed by atoms with Gasteiger partial charge in [0.1, 0.15) is 17.6 Å². The molecule has 0 aliphatic carbocycles. The second-order valence-corrected chi connectivity index (χ2v) is 7.77. The second-order valence-electron chi connectivity index (χ2n) is 7.77. The monoisotopic (exact) mass is 394 g/mol. The third-order valence-electron chi connectivity index (χ3n) is 5.58. The van der Waals surface area contributed by atoms with Crippen molar-refractivity contribution in [2.45, 2.75) is 39.7 Å². The zero-order chi connectivity index (χ0) is 20.6. The summed E-state index contributed by atoms with van der Waals surface area (Å²) in [6.07, 6.45) is 2.46. The molecule has 0 saturated carbocycles. The van der Waals surface area contributed by atoms with Crippen LogP contribution in [0.15, 0.2) is 49.0 Å². The van der Waals surface area contributed by atoms with Gasteiger partial charge in [-0.15, -0.1) is 0 Å². The van der Waals surface area contributed by atoms with Gasteiger partial charge in [0.15, 0.2) is 0 Å². The number of aryl methyl sites for hydroxylation is 2. The minimum Gasteiger partial charge on any atom is -0.494 e. The lowest BCUT2D eigenvalue weighted by atomic mass is 10.1. The van der Waals surface area contributed by atoms with E-state index in [-0.39, 0.29) is 0 Å². The fraction of sp³-hybridized carbons (Fsp3) is 0.440. The van der Waals surface area contributed by atoms with Gasteiger partial charge in [0.2, 0.25) is 0 Å². The smallest absolute Gasteiger partial charge is 0.120 e. The average Bonchev–Trinajstić information content (AvgIpc) is 2.72. The van der Waals surface area contributed by atoms with Crippen LogP contribution in [0.4, 0.5) is 0 Å². The number of nitrogens with one attached hydrogen (secondary N) is 1. The molecule has 1 fully saturated rings. The van der Waals surface area contributed by atoms with E-state index in [1.807, 2.05) is 25.1 Å². The molecule has 29 heavy (non-hydrogen) atoms. The Kier molecular flexibility index (Phi) is 7.59. The predicted octanol–water partition coefficient (Wildman–Crippen LogP) is 4.81. The number of rotatable bonds is 9. The van der Waals surface area contributed by atoms with Gasteiger partial charge in [-0.2, -0.15) is 0 Å². The number of nitrogens with zero attached hydrogens (tertiary/aromatic N) is 1. The third-order valence-corrected chi connectivity index (χ3v) is 5.58. The van der Waals surface area contributed by atoms with Crippen molar-refractivity contribution < 1.29 is 9.47 Å². The van der Waals surface area contributed by atoms with Crippen LogP contribution in [0.1, 0.15) is 36.5 Å². The molecule has 0 radical (unpaired) electrons. The molecule has 1 N–H and O–H groups in total. The number of likely N-dealkylation sites (tertiary alicyclic amines) is 1. The van der Waals surface area contributed by atoms with E-state index in [1.54, 1.807) is 0 Å². The van der Waals surface area contributed by atoms with Crippen molar-refractivity contribution in [3.05, 3.63) is 65.7 Å². The molecule has 0 bridgehead atoms. The topological polar surface area (TPSA) is 33.7 Å². The maximum absolute atomic E-state index is 6.20. The molecule has 3 rings (SSSR count). The summed E-state index contributed by atoms with van der Waals surface area (Å²) in [5.74, 6) is 1.89. The largest absolute Gasteiger partial charge is 0.494 e. The van der Waals surface area contributed by atoms with Gasteiger partial charge in [-0.3, -0.25) is 0 Å². The first-order valence-corrected chi connectivity index (χ1v) is 10.7. The van der Waals surface area contributed by atoms with E-state index in [9.17, 15) is 0 Å². The number of ether oxygens (including phenoxy) is 2. The molecular formula is C25H34N2O2. The lowest BCUT2D eigenvalue weighted by molar-refractivity contribution is 0.102. The zero-order valence-corrected chi connectivity index (χ0v) is 18.0. The van der Waals surface area contributed by atoms with Gasteiger partial charge >= 0.3 is 0 Å². The van der Waals surface area contributed by atoms with Crippen LogP contribution in [0.5, 0.6) is 11.5 Å².